The van der Waals surface area contributed by atoms with Gasteiger partial charge in [0.15, 0.2) is 0 Å². The van der Waals surface area contributed by atoms with Crippen molar-refractivity contribution < 1.29 is 22.8 Å². The zero-order valence-electron chi connectivity index (χ0n) is 17.7. The first-order valence-electron chi connectivity index (χ1n) is 10.1. The van der Waals surface area contributed by atoms with E-state index in [1.54, 1.807) is 12.1 Å². The van der Waals surface area contributed by atoms with Crippen LogP contribution >= 0.6 is 11.3 Å². The quantitative estimate of drug-likeness (QED) is 0.541. The summed E-state index contributed by atoms with van der Waals surface area (Å²) in [5, 5.41) is 7.01. The molecule has 1 unspecified atom stereocenters. The highest BCUT2D eigenvalue weighted by Crippen LogP contribution is 2.29. The number of carbonyl (C=O) groups excluding carboxylic acids is 3. The Morgan fingerprint density at radius 2 is 1.79 bits per heavy atom. The van der Waals surface area contributed by atoms with E-state index in [0.29, 0.717) is 5.56 Å². The SMILES string of the molecule is Cc1ccccc1C(=O)N(Cc1cccs1)C1CC(=O)N(c2ccc(S(N)(=O)=O)cc2)C1=O. The number of hydrogen-bond donors (Lipinski definition) is 1. The summed E-state index contributed by atoms with van der Waals surface area (Å²) in [6, 6.07) is 15.0. The minimum atomic E-state index is -3.91. The minimum absolute atomic E-state index is 0.129. The molecule has 1 fully saturated rings. The minimum Gasteiger partial charge on any atom is -0.321 e. The maximum atomic E-state index is 13.5. The van der Waals surface area contributed by atoms with Crippen LogP contribution in [0.15, 0.2) is 70.9 Å². The average Bonchev–Trinajstić information content (AvgIpc) is 3.39. The molecule has 10 heteroatoms. The second-order valence-electron chi connectivity index (χ2n) is 7.65. The number of thiophene rings is 1. The van der Waals surface area contributed by atoms with Crippen LogP contribution in [0.1, 0.15) is 27.2 Å². The third-order valence-corrected chi connectivity index (χ3v) is 7.26. The lowest BCUT2D eigenvalue weighted by molar-refractivity contribution is -0.122. The molecular formula is C23H21N3O5S2. The zero-order valence-corrected chi connectivity index (χ0v) is 19.3. The molecule has 2 aromatic carbocycles. The highest BCUT2D eigenvalue weighted by atomic mass is 32.2. The molecule has 3 aromatic rings. The number of carbonyl (C=O) groups is 3. The van der Waals surface area contributed by atoms with E-state index in [2.05, 4.69) is 0 Å². The number of hydrogen-bond acceptors (Lipinski definition) is 6. The lowest BCUT2D eigenvalue weighted by Gasteiger charge is -2.28. The van der Waals surface area contributed by atoms with Crippen LogP contribution in [0.5, 0.6) is 0 Å². The molecule has 1 aliphatic rings. The van der Waals surface area contributed by atoms with Crippen molar-refractivity contribution >= 4 is 44.8 Å². The molecule has 0 radical (unpaired) electrons. The molecule has 1 aromatic heterocycles. The third kappa shape index (κ3) is 4.58. The fourth-order valence-electron chi connectivity index (χ4n) is 3.78. The molecule has 3 amide bonds. The number of benzene rings is 2. The standard InChI is InChI=1S/C23H21N3O5S2/c1-15-5-2-3-7-19(15)22(28)25(14-17-6-4-12-32-17)20-13-21(27)26(23(20)29)16-8-10-18(11-9-16)33(24,30)31/h2-12,20H,13-14H2,1H3,(H2,24,30,31). The summed E-state index contributed by atoms with van der Waals surface area (Å²) >= 11 is 1.46. The molecule has 1 aliphatic heterocycles. The van der Waals surface area contributed by atoms with Crippen molar-refractivity contribution in [2.45, 2.75) is 30.8 Å². The van der Waals surface area contributed by atoms with Crippen molar-refractivity contribution in [1.29, 1.82) is 0 Å². The highest BCUT2D eigenvalue weighted by molar-refractivity contribution is 7.89. The van der Waals surface area contributed by atoms with Crippen LogP contribution in [0.3, 0.4) is 0 Å². The summed E-state index contributed by atoms with van der Waals surface area (Å²) in [5.41, 5.74) is 1.45. The van der Waals surface area contributed by atoms with Gasteiger partial charge in [0.25, 0.3) is 11.8 Å². The van der Waals surface area contributed by atoms with E-state index in [1.165, 1.54) is 40.5 Å². The number of amides is 3. The molecule has 1 atom stereocenters. The maximum Gasteiger partial charge on any atom is 0.257 e. The number of imide groups is 1. The number of anilines is 1. The fourth-order valence-corrected chi connectivity index (χ4v) is 5.00. The van der Waals surface area contributed by atoms with Crippen LogP contribution in [0.4, 0.5) is 5.69 Å². The Kier molecular flexibility index (Phi) is 6.15. The lowest BCUT2D eigenvalue weighted by atomic mass is 10.1. The lowest BCUT2D eigenvalue weighted by Crippen LogP contribution is -2.45. The third-order valence-electron chi connectivity index (χ3n) is 5.47. The van der Waals surface area contributed by atoms with E-state index in [-0.39, 0.29) is 29.5 Å². The fraction of sp³-hybridized carbons (Fsp3) is 0.174. The Hall–Kier alpha value is -3.34. The Labute approximate surface area is 195 Å². The van der Waals surface area contributed by atoms with Crippen molar-refractivity contribution in [3.8, 4) is 0 Å². The molecule has 0 saturated carbocycles. The first-order valence-corrected chi connectivity index (χ1v) is 12.5. The second kappa shape index (κ2) is 8.89. The Morgan fingerprint density at radius 1 is 1.09 bits per heavy atom. The monoisotopic (exact) mass is 483 g/mol. The van der Waals surface area contributed by atoms with E-state index < -0.39 is 27.9 Å². The van der Waals surface area contributed by atoms with Crippen molar-refractivity contribution in [1.82, 2.24) is 4.90 Å². The smallest absolute Gasteiger partial charge is 0.257 e. The summed E-state index contributed by atoms with van der Waals surface area (Å²) in [6.45, 7) is 2.00. The predicted octanol–water partition coefficient (Wildman–Crippen LogP) is 2.68. The summed E-state index contributed by atoms with van der Waals surface area (Å²) in [6.07, 6.45) is -0.168. The largest absolute Gasteiger partial charge is 0.321 e. The first-order chi connectivity index (χ1) is 15.7. The van der Waals surface area contributed by atoms with Crippen LogP contribution < -0.4 is 10.0 Å². The average molecular weight is 484 g/mol. The van der Waals surface area contributed by atoms with E-state index in [9.17, 15) is 22.8 Å². The summed E-state index contributed by atoms with van der Waals surface area (Å²) < 4.78 is 23.0. The highest BCUT2D eigenvalue weighted by Gasteiger charge is 2.44. The number of sulfonamides is 1. The molecule has 170 valence electrons. The van der Waals surface area contributed by atoms with Gasteiger partial charge in [-0.1, -0.05) is 24.3 Å². The molecule has 33 heavy (non-hydrogen) atoms. The van der Waals surface area contributed by atoms with Gasteiger partial charge in [-0.15, -0.1) is 11.3 Å². The van der Waals surface area contributed by atoms with Gasteiger partial charge < -0.3 is 4.90 Å². The summed E-state index contributed by atoms with van der Waals surface area (Å²) in [7, 11) is -3.91. The van der Waals surface area contributed by atoms with Gasteiger partial charge in [0.1, 0.15) is 6.04 Å². The number of aryl methyl sites for hydroxylation is 1. The number of rotatable bonds is 6. The topological polar surface area (TPSA) is 118 Å². The Bertz CT molecular complexity index is 1320. The van der Waals surface area contributed by atoms with Crippen molar-refractivity contribution in [2.24, 2.45) is 5.14 Å². The zero-order chi connectivity index (χ0) is 23.8. The maximum absolute atomic E-state index is 13.5. The second-order valence-corrected chi connectivity index (χ2v) is 10.2. The molecule has 8 nitrogen and oxygen atoms in total. The van der Waals surface area contributed by atoms with Gasteiger partial charge in [-0.2, -0.15) is 0 Å². The van der Waals surface area contributed by atoms with E-state index in [0.717, 1.165) is 15.3 Å². The van der Waals surface area contributed by atoms with Gasteiger partial charge >= 0.3 is 0 Å². The van der Waals surface area contributed by atoms with Crippen LogP contribution in [0.2, 0.25) is 0 Å². The van der Waals surface area contributed by atoms with Gasteiger partial charge in [-0.05, 0) is 54.3 Å². The van der Waals surface area contributed by atoms with E-state index in [4.69, 9.17) is 5.14 Å². The number of nitrogens with zero attached hydrogens (tertiary/aromatic N) is 2. The first kappa shape index (κ1) is 22.8. The van der Waals surface area contributed by atoms with E-state index in [1.807, 2.05) is 36.6 Å². The van der Waals surface area contributed by atoms with Gasteiger partial charge in [-0.25, -0.2) is 18.5 Å². The van der Waals surface area contributed by atoms with Gasteiger partial charge in [0.2, 0.25) is 15.9 Å². The van der Waals surface area contributed by atoms with Crippen LogP contribution in [0.25, 0.3) is 0 Å². The van der Waals surface area contributed by atoms with Gasteiger partial charge in [-0.3, -0.25) is 14.4 Å². The predicted molar refractivity (Wildman–Crippen MR) is 124 cm³/mol. The van der Waals surface area contributed by atoms with Crippen LogP contribution in [-0.2, 0) is 26.2 Å². The molecule has 2 heterocycles. The Balaban J connectivity index is 1.68. The van der Waals surface area contributed by atoms with E-state index >= 15 is 0 Å². The molecule has 2 N–H and O–H groups in total. The Morgan fingerprint density at radius 3 is 2.39 bits per heavy atom. The molecule has 0 aliphatic carbocycles. The number of nitrogens with two attached hydrogens (primary N) is 1. The molecule has 1 saturated heterocycles. The normalized spacial score (nSPS) is 16.3. The van der Waals surface area contributed by atoms with Crippen LogP contribution in [-0.4, -0.2) is 37.1 Å². The molecule has 0 spiro atoms. The molecule has 4 rings (SSSR count). The van der Waals surface area contributed by atoms with Crippen molar-refractivity contribution in [3.63, 3.8) is 0 Å². The summed E-state index contributed by atoms with van der Waals surface area (Å²) in [5.74, 6) is -1.34. The summed E-state index contributed by atoms with van der Waals surface area (Å²) in [4.78, 5) is 42.9. The van der Waals surface area contributed by atoms with Crippen LogP contribution in [0, 0.1) is 6.92 Å². The number of primary sulfonamides is 1. The van der Waals surface area contributed by atoms with Crippen molar-refractivity contribution in [2.75, 3.05) is 4.90 Å². The van der Waals surface area contributed by atoms with Gasteiger partial charge in [0, 0.05) is 10.4 Å². The molecule has 0 bridgehead atoms. The van der Waals surface area contributed by atoms with Crippen molar-refractivity contribution in [3.05, 3.63) is 82.0 Å². The van der Waals surface area contributed by atoms with Gasteiger partial charge in [0.05, 0.1) is 23.5 Å². The molecular weight excluding hydrogens is 462 g/mol.